The summed E-state index contributed by atoms with van der Waals surface area (Å²) in [6.45, 7) is 2.86. The number of carbonyl (C=O) groups is 2. The molecular formula is C17H22N2O6S. The zero-order valence-corrected chi connectivity index (χ0v) is 15.3. The van der Waals surface area contributed by atoms with E-state index in [1.165, 1.54) is 16.4 Å². The summed E-state index contributed by atoms with van der Waals surface area (Å²) in [6, 6.07) is 3.45. The van der Waals surface area contributed by atoms with E-state index in [1.54, 1.807) is 13.0 Å². The fourth-order valence-electron chi connectivity index (χ4n) is 2.98. The van der Waals surface area contributed by atoms with Crippen LogP contribution in [0.2, 0.25) is 0 Å². The largest absolute Gasteiger partial charge is 0.480 e. The first-order valence-electron chi connectivity index (χ1n) is 8.53. The minimum absolute atomic E-state index is 0.0570. The second kappa shape index (κ2) is 7.34. The molecule has 0 aromatic heterocycles. The molecule has 1 atom stereocenters. The highest BCUT2D eigenvalue weighted by Gasteiger charge is 2.37. The van der Waals surface area contributed by atoms with Gasteiger partial charge in [0.05, 0.1) is 18.1 Å². The van der Waals surface area contributed by atoms with Crippen LogP contribution in [0.4, 0.5) is 0 Å². The summed E-state index contributed by atoms with van der Waals surface area (Å²) in [4.78, 5) is 23.8. The number of amides is 1. The first kappa shape index (κ1) is 18.8. The van der Waals surface area contributed by atoms with Crippen molar-refractivity contribution < 1.29 is 27.9 Å². The summed E-state index contributed by atoms with van der Waals surface area (Å²) in [5.74, 6) is -1.71. The summed E-state index contributed by atoms with van der Waals surface area (Å²) in [5.41, 5.74) is 0.666. The summed E-state index contributed by atoms with van der Waals surface area (Å²) in [5, 5.41) is 11.8. The molecule has 1 aliphatic heterocycles. The molecule has 1 aromatic rings. The summed E-state index contributed by atoms with van der Waals surface area (Å²) in [6.07, 6.45) is 1.53. The van der Waals surface area contributed by atoms with Crippen molar-refractivity contribution in [3.63, 3.8) is 0 Å². The SMILES string of the molecule is Cc1ccc(C(=O)NC(C(=O)O)C2CC2)cc1S(=O)(=O)N1CCOCC1. The third kappa shape index (κ3) is 3.89. The summed E-state index contributed by atoms with van der Waals surface area (Å²) >= 11 is 0. The zero-order chi connectivity index (χ0) is 18.9. The van der Waals surface area contributed by atoms with Gasteiger partial charge < -0.3 is 15.2 Å². The van der Waals surface area contributed by atoms with Crippen molar-refractivity contribution in [2.45, 2.75) is 30.7 Å². The average Bonchev–Trinajstić information content (AvgIpc) is 3.45. The monoisotopic (exact) mass is 382 g/mol. The second-order valence-corrected chi connectivity index (χ2v) is 8.53. The van der Waals surface area contributed by atoms with Crippen LogP contribution in [0.25, 0.3) is 0 Å². The second-order valence-electron chi connectivity index (χ2n) is 6.62. The maximum Gasteiger partial charge on any atom is 0.326 e. The Labute approximate surface area is 152 Å². The lowest BCUT2D eigenvalue weighted by atomic mass is 10.1. The number of hydrogen-bond donors (Lipinski definition) is 2. The van der Waals surface area contributed by atoms with Gasteiger partial charge in [0.2, 0.25) is 10.0 Å². The van der Waals surface area contributed by atoms with Gasteiger partial charge in [0.15, 0.2) is 0 Å². The molecule has 9 heteroatoms. The number of sulfonamides is 1. The number of morpholine rings is 1. The Kier molecular flexibility index (Phi) is 5.31. The zero-order valence-electron chi connectivity index (χ0n) is 14.5. The molecule has 2 aliphatic rings. The molecule has 1 saturated carbocycles. The Bertz CT molecular complexity index is 813. The van der Waals surface area contributed by atoms with Crippen molar-refractivity contribution in [1.29, 1.82) is 0 Å². The Balaban J connectivity index is 1.85. The molecule has 142 valence electrons. The smallest absolute Gasteiger partial charge is 0.326 e. The van der Waals surface area contributed by atoms with Gasteiger partial charge in [-0.3, -0.25) is 4.79 Å². The molecule has 3 rings (SSSR count). The lowest BCUT2D eigenvalue weighted by Gasteiger charge is -2.26. The highest BCUT2D eigenvalue weighted by atomic mass is 32.2. The van der Waals surface area contributed by atoms with Crippen molar-refractivity contribution in [3.05, 3.63) is 29.3 Å². The quantitative estimate of drug-likeness (QED) is 0.745. The first-order valence-corrected chi connectivity index (χ1v) is 9.97. The summed E-state index contributed by atoms with van der Waals surface area (Å²) < 4.78 is 32.3. The number of aliphatic carboxylic acids is 1. The average molecular weight is 382 g/mol. The molecule has 0 spiro atoms. The van der Waals surface area contributed by atoms with Crippen molar-refractivity contribution in [2.24, 2.45) is 5.92 Å². The van der Waals surface area contributed by atoms with E-state index >= 15 is 0 Å². The number of rotatable bonds is 6. The van der Waals surface area contributed by atoms with E-state index in [-0.39, 0.29) is 29.5 Å². The van der Waals surface area contributed by atoms with E-state index in [0.29, 0.717) is 18.8 Å². The van der Waals surface area contributed by atoms with Gasteiger partial charge in [-0.05, 0) is 43.4 Å². The van der Waals surface area contributed by atoms with Crippen LogP contribution in [0.1, 0.15) is 28.8 Å². The van der Waals surface area contributed by atoms with Crippen LogP contribution < -0.4 is 5.32 Å². The van der Waals surface area contributed by atoms with Gasteiger partial charge in [-0.25, -0.2) is 13.2 Å². The number of carbonyl (C=O) groups excluding carboxylic acids is 1. The Morgan fingerprint density at radius 1 is 1.27 bits per heavy atom. The number of hydrogen-bond acceptors (Lipinski definition) is 5. The molecule has 1 amide bonds. The molecule has 0 bridgehead atoms. The molecule has 2 N–H and O–H groups in total. The van der Waals surface area contributed by atoms with Gasteiger partial charge in [-0.15, -0.1) is 0 Å². The predicted molar refractivity (Wildman–Crippen MR) is 92.4 cm³/mol. The van der Waals surface area contributed by atoms with E-state index in [4.69, 9.17) is 4.74 Å². The molecule has 26 heavy (non-hydrogen) atoms. The molecule has 1 aliphatic carbocycles. The van der Waals surface area contributed by atoms with Crippen LogP contribution >= 0.6 is 0 Å². The number of ether oxygens (including phenoxy) is 1. The van der Waals surface area contributed by atoms with E-state index < -0.39 is 27.9 Å². The minimum atomic E-state index is -3.74. The lowest BCUT2D eigenvalue weighted by molar-refractivity contribution is -0.139. The highest BCUT2D eigenvalue weighted by molar-refractivity contribution is 7.89. The topological polar surface area (TPSA) is 113 Å². The van der Waals surface area contributed by atoms with Crippen LogP contribution in [0.15, 0.2) is 23.1 Å². The fraction of sp³-hybridized carbons (Fsp3) is 0.529. The molecular weight excluding hydrogens is 360 g/mol. The van der Waals surface area contributed by atoms with Gasteiger partial charge in [0.25, 0.3) is 5.91 Å². The molecule has 1 saturated heterocycles. The lowest BCUT2D eigenvalue weighted by Crippen LogP contribution is -2.42. The van der Waals surface area contributed by atoms with Gasteiger partial charge in [0, 0.05) is 18.7 Å². The number of carboxylic acids is 1. The van der Waals surface area contributed by atoms with Crippen LogP contribution in [-0.2, 0) is 19.6 Å². The number of aryl methyl sites for hydroxylation is 1. The van der Waals surface area contributed by atoms with Crippen molar-refractivity contribution in [3.8, 4) is 0 Å². The van der Waals surface area contributed by atoms with Gasteiger partial charge in [-0.2, -0.15) is 4.31 Å². The van der Waals surface area contributed by atoms with Crippen molar-refractivity contribution in [1.82, 2.24) is 9.62 Å². The molecule has 2 fully saturated rings. The number of benzene rings is 1. The maximum absolute atomic E-state index is 12.9. The number of nitrogens with one attached hydrogen (secondary N) is 1. The van der Waals surface area contributed by atoms with Gasteiger partial charge >= 0.3 is 5.97 Å². The Morgan fingerprint density at radius 2 is 1.92 bits per heavy atom. The van der Waals surface area contributed by atoms with Crippen LogP contribution in [0.5, 0.6) is 0 Å². The first-order chi connectivity index (χ1) is 12.3. The molecule has 1 unspecified atom stereocenters. The molecule has 1 aromatic carbocycles. The number of nitrogens with zero attached hydrogens (tertiary/aromatic N) is 1. The third-order valence-corrected chi connectivity index (χ3v) is 6.72. The van der Waals surface area contributed by atoms with Crippen molar-refractivity contribution in [2.75, 3.05) is 26.3 Å². The summed E-state index contributed by atoms with van der Waals surface area (Å²) in [7, 11) is -3.74. The van der Waals surface area contributed by atoms with E-state index in [2.05, 4.69) is 5.32 Å². The van der Waals surface area contributed by atoms with E-state index in [0.717, 1.165) is 12.8 Å². The number of carboxylic acid groups (broad SMARTS) is 1. The Morgan fingerprint density at radius 3 is 2.50 bits per heavy atom. The van der Waals surface area contributed by atoms with Gasteiger partial charge in [0.1, 0.15) is 6.04 Å². The molecule has 1 heterocycles. The van der Waals surface area contributed by atoms with E-state index in [9.17, 15) is 23.1 Å². The van der Waals surface area contributed by atoms with Crippen LogP contribution in [0, 0.1) is 12.8 Å². The minimum Gasteiger partial charge on any atom is -0.480 e. The molecule has 0 radical (unpaired) electrons. The Hall–Kier alpha value is -1.97. The fourth-order valence-corrected chi connectivity index (χ4v) is 4.64. The van der Waals surface area contributed by atoms with Crippen LogP contribution in [-0.4, -0.2) is 62.1 Å². The highest BCUT2D eigenvalue weighted by Crippen LogP contribution is 2.33. The van der Waals surface area contributed by atoms with Crippen LogP contribution in [0.3, 0.4) is 0 Å². The normalized spacial score (nSPS) is 19.7. The maximum atomic E-state index is 12.9. The standard InChI is InChI=1S/C17H22N2O6S/c1-11-2-3-13(16(20)18-15(17(21)22)12-4-5-12)10-14(11)26(23,24)19-6-8-25-9-7-19/h2-3,10,12,15H,4-9H2,1H3,(H,18,20)(H,21,22). The van der Waals surface area contributed by atoms with E-state index in [1.807, 2.05) is 0 Å². The molecule has 8 nitrogen and oxygen atoms in total. The van der Waals surface area contributed by atoms with Crippen molar-refractivity contribution >= 4 is 21.9 Å². The van der Waals surface area contributed by atoms with Gasteiger partial charge in [-0.1, -0.05) is 6.07 Å². The predicted octanol–water partition coefficient (Wildman–Crippen LogP) is 0.609. The third-order valence-electron chi connectivity index (χ3n) is 4.68.